The zero-order chi connectivity index (χ0) is 12.7. The molecule has 1 aliphatic rings. The number of hydrogen-bond donors (Lipinski definition) is 1. The molecule has 96 valence electrons. The number of nitrogens with one attached hydrogen (secondary N) is 1. The Morgan fingerprint density at radius 1 is 1.29 bits per heavy atom. The maximum Gasteiger partial charge on any atom is 0.0182 e. The molecule has 1 aliphatic carbocycles. The molecule has 0 unspecified atom stereocenters. The first kappa shape index (κ1) is 13.1. The summed E-state index contributed by atoms with van der Waals surface area (Å²) in [4.78, 5) is 1.56. The van der Waals surface area contributed by atoms with Crippen LogP contribution in [-0.2, 0) is 5.41 Å². The second-order valence-corrected chi connectivity index (χ2v) is 8.33. The van der Waals surface area contributed by atoms with Crippen LogP contribution in [0, 0.1) is 5.41 Å². The Morgan fingerprint density at radius 2 is 1.94 bits per heavy atom. The fraction of sp³-hybridized carbons (Fsp3) is 0.733. The summed E-state index contributed by atoms with van der Waals surface area (Å²) in [7, 11) is 0. The average molecular weight is 251 g/mol. The van der Waals surface area contributed by atoms with E-state index in [1.807, 2.05) is 11.3 Å². The third-order valence-corrected chi connectivity index (χ3v) is 4.75. The van der Waals surface area contributed by atoms with Crippen LogP contribution in [0.15, 0.2) is 17.5 Å². The summed E-state index contributed by atoms with van der Waals surface area (Å²) < 4.78 is 0. The smallest absolute Gasteiger partial charge is 0.0182 e. The Bertz CT molecular complexity index is 362. The lowest BCUT2D eigenvalue weighted by Crippen LogP contribution is -2.55. The summed E-state index contributed by atoms with van der Waals surface area (Å²) in [6.45, 7) is 12.6. The molecule has 1 nitrogen and oxygen atoms in total. The van der Waals surface area contributed by atoms with E-state index in [1.54, 1.807) is 4.88 Å². The van der Waals surface area contributed by atoms with Gasteiger partial charge in [-0.3, -0.25) is 0 Å². The van der Waals surface area contributed by atoms with Gasteiger partial charge in [0, 0.05) is 22.4 Å². The highest BCUT2D eigenvalue weighted by molar-refractivity contribution is 7.10. The van der Waals surface area contributed by atoms with E-state index in [0.717, 1.165) is 6.54 Å². The molecule has 1 heterocycles. The van der Waals surface area contributed by atoms with Gasteiger partial charge < -0.3 is 5.32 Å². The van der Waals surface area contributed by atoms with Crippen LogP contribution >= 0.6 is 11.3 Å². The van der Waals surface area contributed by atoms with E-state index in [1.165, 1.54) is 12.8 Å². The molecule has 0 amide bonds. The van der Waals surface area contributed by atoms with Crippen molar-refractivity contribution in [3.05, 3.63) is 22.4 Å². The van der Waals surface area contributed by atoms with Crippen LogP contribution in [0.3, 0.4) is 0 Å². The van der Waals surface area contributed by atoms with Gasteiger partial charge in [-0.15, -0.1) is 11.3 Å². The summed E-state index contributed by atoms with van der Waals surface area (Å²) in [6, 6.07) is 4.49. The first-order chi connectivity index (χ1) is 7.73. The summed E-state index contributed by atoms with van der Waals surface area (Å²) >= 11 is 1.92. The SMILES string of the molecule is CC1(C)CC(CNC(C)(C)C)(c2cccs2)C1. The van der Waals surface area contributed by atoms with Gasteiger partial charge in [-0.25, -0.2) is 0 Å². The Labute approximate surface area is 110 Å². The van der Waals surface area contributed by atoms with Crippen molar-refractivity contribution in [2.75, 3.05) is 6.54 Å². The van der Waals surface area contributed by atoms with Crippen molar-refractivity contribution in [3.8, 4) is 0 Å². The Balaban J connectivity index is 2.11. The minimum absolute atomic E-state index is 0.212. The van der Waals surface area contributed by atoms with Crippen molar-refractivity contribution in [2.24, 2.45) is 5.41 Å². The second-order valence-electron chi connectivity index (χ2n) is 7.38. The quantitative estimate of drug-likeness (QED) is 0.849. The maximum atomic E-state index is 3.70. The van der Waals surface area contributed by atoms with E-state index in [2.05, 4.69) is 57.4 Å². The summed E-state index contributed by atoms with van der Waals surface area (Å²) in [6.07, 6.45) is 2.62. The largest absolute Gasteiger partial charge is 0.311 e. The van der Waals surface area contributed by atoms with Crippen LogP contribution in [-0.4, -0.2) is 12.1 Å². The molecular formula is C15H25NS. The molecule has 0 saturated heterocycles. The van der Waals surface area contributed by atoms with E-state index < -0.39 is 0 Å². The molecule has 0 aliphatic heterocycles. The van der Waals surface area contributed by atoms with Gasteiger partial charge in [-0.05, 0) is 50.5 Å². The molecule has 1 saturated carbocycles. The fourth-order valence-electron chi connectivity index (χ4n) is 3.18. The highest BCUT2D eigenvalue weighted by Gasteiger charge is 2.50. The lowest BCUT2D eigenvalue weighted by Gasteiger charge is -2.54. The van der Waals surface area contributed by atoms with Crippen molar-refractivity contribution in [3.63, 3.8) is 0 Å². The van der Waals surface area contributed by atoms with E-state index in [-0.39, 0.29) is 5.54 Å². The molecule has 0 atom stereocenters. The topological polar surface area (TPSA) is 12.0 Å². The molecule has 1 aromatic heterocycles. The monoisotopic (exact) mass is 251 g/mol. The number of thiophene rings is 1. The van der Waals surface area contributed by atoms with Gasteiger partial charge >= 0.3 is 0 Å². The maximum absolute atomic E-state index is 3.70. The van der Waals surface area contributed by atoms with Gasteiger partial charge in [0.1, 0.15) is 0 Å². The molecule has 1 N–H and O–H groups in total. The molecule has 1 fully saturated rings. The van der Waals surface area contributed by atoms with Crippen LogP contribution in [0.25, 0.3) is 0 Å². The van der Waals surface area contributed by atoms with Crippen molar-refractivity contribution in [1.29, 1.82) is 0 Å². The van der Waals surface area contributed by atoms with E-state index in [4.69, 9.17) is 0 Å². The third kappa shape index (κ3) is 2.92. The molecule has 0 spiro atoms. The van der Waals surface area contributed by atoms with Gasteiger partial charge in [0.2, 0.25) is 0 Å². The lowest BCUT2D eigenvalue weighted by molar-refractivity contribution is 0.0540. The summed E-state index contributed by atoms with van der Waals surface area (Å²) in [5, 5.41) is 5.91. The predicted molar refractivity (Wildman–Crippen MR) is 76.8 cm³/mol. The first-order valence-electron chi connectivity index (χ1n) is 6.52. The van der Waals surface area contributed by atoms with E-state index in [0.29, 0.717) is 10.8 Å². The van der Waals surface area contributed by atoms with Gasteiger partial charge in [0.05, 0.1) is 0 Å². The average Bonchev–Trinajstić information content (AvgIpc) is 2.62. The Kier molecular flexibility index (Phi) is 3.16. The van der Waals surface area contributed by atoms with Crippen LogP contribution in [0.4, 0.5) is 0 Å². The van der Waals surface area contributed by atoms with Gasteiger partial charge in [0.25, 0.3) is 0 Å². The highest BCUT2D eigenvalue weighted by atomic mass is 32.1. The van der Waals surface area contributed by atoms with E-state index >= 15 is 0 Å². The van der Waals surface area contributed by atoms with Gasteiger partial charge in [-0.1, -0.05) is 19.9 Å². The highest BCUT2D eigenvalue weighted by Crippen LogP contribution is 2.56. The molecule has 17 heavy (non-hydrogen) atoms. The fourth-order valence-corrected chi connectivity index (χ4v) is 4.11. The minimum Gasteiger partial charge on any atom is -0.311 e. The molecule has 1 aromatic rings. The summed E-state index contributed by atoms with van der Waals surface area (Å²) in [5.74, 6) is 0. The lowest BCUT2D eigenvalue weighted by atomic mass is 9.53. The van der Waals surface area contributed by atoms with Crippen molar-refractivity contribution < 1.29 is 0 Å². The molecule has 0 bridgehead atoms. The van der Waals surface area contributed by atoms with Crippen LogP contribution in [0.2, 0.25) is 0 Å². The molecule has 0 aromatic carbocycles. The molecule has 0 radical (unpaired) electrons. The van der Waals surface area contributed by atoms with Crippen molar-refractivity contribution >= 4 is 11.3 Å². The molecular weight excluding hydrogens is 226 g/mol. The Hall–Kier alpha value is -0.340. The minimum atomic E-state index is 0.212. The van der Waals surface area contributed by atoms with Crippen LogP contribution < -0.4 is 5.32 Å². The Morgan fingerprint density at radius 3 is 2.35 bits per heavy atom. The standard InChI is InChI=1S/C15H25NS/c1-13(2,3)16-11-15(9-14(4,5)10-15)12-7-6-8-17-12/h6-8,16H,9-11H2,1-5H3. The van der Waals surface area contributed by atoms with Gasteiger partial charge in [-0.2, -0.15) is 0 Å². The second kappa shape index (κ2) is 4.10. The predicted octanol–water partition coefficient (Wildman–Crippen LogP) is 4.19. The number of rotatable bonds is 3. The third-order valence-electron chi connectivity index (χ3n) is 3.63. The van der Waals surface area contributed by atoms with Crippen LogP contribution in [0.1, 0.15) is 52.3 Å². The number of hydrogen-bond acceptors (Lipinski definition) is 2. The molecule has 2 heteroatoms. The zero-order valence-corrected chi connectivity index (χ0v) is 12.6. The van der Waals surface area contributed by atoms with Crippen molar-refractivity contribution in [1.82, 2.24) is 5.32 Å². The van der Waals surface area contributed by atoms with Crippen LogP contribution in [0.5, 0.6) is 0 Å². The van der Waals surface area contributed by atoms with E-state index in [9.17, 15) is 0 Å². The molecule has 2 rings (SSSR count). The van der Waals surface area contributed by atoms with Crippen molar-refractivity contribution in [2.45, 2.75) is 58.4 Å². The normalized spacial score (nSPS) is 22.2. The summed E-state index contributed by atoms with van der Waals surface area (Å²) in [5.41, 5.74) is 1.12. The van der Waals surface area contributed by atoms with Gasteiger partial charge in [0.15, 0.2) is 0 Å². The first-order valence-corrected chi connectivity index (χ1v) is 7.40. The zero-order valence-electron chi connectivity index (χ0n) is 11.8.